The molecule has 0 heterocycles. The van der Waals surface area contributed by atoms with Crippen LogP contribution in [0.1, 0.15) is 31.9 Å². The molecule has 102 valence electrons. The third-order valence-corrected chi connectivity index (χ3v) is 5.12. The largest absolute Gasteiger partial charge is 0.312 e. The second-order valence-corrected chi connectivity index (χ2v) is 7.00. The predicted octanol–water partition coefficient (Wildman–Crippen LogP) is 2.41. The maximum atomic E-state index is 12.1. The maximum absolute atomic E-state index is 12.1. The van der Waals surface area contributed by atoms with Crippen molar-refractivity contribution in [3.05, 3.63) is 35.9 Å². The van der Waals surface area contributed by atoms with Gasteiger partial charge >= 0.3 is 0 Å². The number of nitrogens with one attached hydrogen (secondary N) is 1. The molecule has 2 unspecified atom stereocenters. The van der Waals surface area contributed by atoms with Crippen LogP contribution in [0.5, 0.6) is 0 Å². The summed E-state index contributed by atoms with van der Waals surface area (Å²) in [4.78, 5) is 0. The number of hydrogen-bond acceptors (Lipinski definition) is 3. The fourth-order valence-corrected chi connectivity index (χ4v) is 4.01. The highest BCUT2D eigenvalue weighted by atomic mass is 32.2. The zero-order valence-corrected chi connectivity index (χ0v) is 12.2. The summed E-state index contributed by atoms with van der Waals surface area (Å²) in [6.07, 6.45) is 0.898. The van der Waals surface area contributed by atoms with Gasteiger partial charge in [-0.3, -0.25) is 0 Å². The third-order valence-electron chi connectivity index (χ3n) is 3.21. The van der Waals surface area contributed by atoms with E-state index in [1.165, 1.54) is 0 Å². The Balaban J connectivity index is 2.75. The first-order valence-corrected chi connectivity index (χ1v) is 8.23. The molecule has 3 nitrogen and oxygen atoms in total. The molecule has 0 spiro atoms. The smallest absolute Gasteiger partial charge is 0.152 e. The molecule has 0 fully saturated rings. The van der Waals surface area contributed by atoms with E-state index in [9.17, 15) is 8.42 Å². The van der Waals surface area contributed by atoms with Gasteiger partial charge in [-0.1, -0.05) is 50.6 Å². The van der Waals surface area contributed by atoms with Crippen molar-refractivity contribution in [2.75, 3.05) is 18.6 Å². The minimum atomic E-state index is -3.01. The summed E-state index contributed by atoms with van der Waals surface area (Å²) in [5.74, 6) is 0.662. The van der Waals surface area contributed by atoms with E-state index in [1.54, 1.807) is 7.05 Å². The van der Waals surface area contributed by atoms with Crippen LogP contribution < -0.4 is 5.32 Å². The molecule has 0 bridgehead atoms. The van der Waals surface area contributed by atoms with Gasteiger partial charge in [-0.15, -0.1) is 0 Å². The molecule has 0 saturated carbocycles. The van der Waals surface area contributed by atoms with E-state index in [4.69, 9.17) is 0 Å². The quantitative estimate of drug-likeness (QED) is 0.827. The summed E-state index contributed by atoms with van der Waals surface area (Å²) >= 11 is 0. The van der Waals surface area contributed by atoms with Crippen LogP contribution in [0, 0.1) is 5.92 Å². The fourth-order valence-electron chi connectivity index (χ4n) is 1.90. The Morgan fingerprint density at radius 1 is 1.17 bits per heavy atom. The Morgan fingerprint density at radius 3 is 2.28 bits per heavy atom. The highest BCUT2D eigenvalue weighted by molar-refractivity contribution is 7.91. The van der Waals surface area contributed by atoms with Crippen molar-refractivity contribution in [2.45, 2.75) is 26.3 Å². The molecule has 0 aliphatic rings. The van der Waals surface area contributed by atoms with Crippen LogP contribution in [0.15, 0.2) is 30.3 Å². The van der Waals surface area contributed by atoms with Crippen molar-refractivity contribution >= 4 is 9.84 Å². The summed E-state index contributed by atoms with van der Waals surface area (Å²) < 4.78 is 24.2. The monoisotopic (exact) mass is 269 g/mol. The number of benzene rings is 1. The highest BCUT2D eigenvalue weighted by Gasteiger charge is 2.21. The van der Waals surface area contributed by atoms with Crippen LogP contribution >= 0.6 is 0 Å². The Hall–Kier alpha value is -0.870. The lowest BCUT2D eigenvalue weighted by Gasteiger charge is -2.18. The molecule has 0 radical (unpaired) electrons. The standard InChI is InChI=1S/C14H23NO2S/c1-4-12(2)10-18(16,17)11-14(15-3)13-8-6-5-7-9-13/h5-9,12,14-15H,4,10-11H2,1-3H3. The Bertz CT molecular complexity index is 442. The van der Waals surface area contributed by atoms with Gasteiger partial charge in [0.05, 0.1) is 11.5 Å². The van der Waals surface area contributed by atoms with E-state index < -0.39 is 9.84 Å². The van der Waals surface area contributed by atoms with E-state index in [1.807, 2.05) is 44.2 Å². The van der Waals surface area contributed by atoms with Crippen LogP contribution in [-0.2, 0) is 9.84 Å². The highest BCUT2D eigenvalue weighted by Crippen LogP contribution is 2.16. The molecule has 1 rings (SSSR count). The third kappa shape index (κ3) is 4.78. The average Bonchev–Trinajstić information content (AvgIpc) is 2.36. The summed E-state index contributed by atoms with van der Waals surface area (Å²) in [5, 5.41) is 3.09. The van der Waals surface area contributed by atoms with Crippen LogP contribution in [0.4, 0.5) is 0 Å². The minimum absolute atomic E-state index is 0.125. The van der Waals surface area contributed by atoms with Gasteiger partial charge in [-0.05, 0) is 18.5 Å². The van der Waals surface area contributed by atoms with Gasteiger partial charge in [0.15, 0.2) is 9.84 Å². The van der Waals surface area contributed by atoms with Gasteiger partial charge in [0.1, 0.15) is 0 Å². The lowest BCUT2D eigenvalue weighted by molar-refractivity contribution is 0.549. The summed E-state index contributed by atoms with van der Waals surface area (Å²) in [7, 11) is -1.21. The molecular weight excluding hydrogens is 246 g/mol. The fraction of sp³-hybridized carbons (Fsp3) is 0.571. The molecule has 1 aromatic carbocycles. The number of sulfone groups is 1. The average molecular weight is 269 g/mol. The van der Waals surface area contributed by atoms with Gasteiger partial charge < -0.3 is 5.32 Å². The van der Waals surface area contributed by atoms with Crippen molar-refractivity contribution in [3.63, 3.8) is 0 Å². The van der Waals surface area contributed by atoms with Crippen LogP contribution in [0.3, 0.4) is 0 Å². The van der Waals surface area contributed by atoms with Gasteiger partial charge in [0, 0.05) is 6.04 Å². The van der Waals surface area contributed by atoms with E-state index in [0.29, 0.717) is 0 Å². The predicted molar refractivity (Wildman–Crippen MR) is 76.4 cm³/mol. The van der Waals surface area contributed by atoms with Gasteiger partial charge in [-0.25, -0.2) is 8.42 Å². The Labute approximate surface area is 111 Å². The topological polar surface area (TPSA) is 46.2 Å². The van der Waals surface area contributed by atoms with E-state index in [0.717, 1.165) is 12.0 Å². The first-order chi connectivity index (χ1) is 8.48. The second-order valence-electron chi connectivity index (χ2n) is 4.84. The first kappa shape index (κ1) is 15.2. The van der Waals surface area contributed by atoms with Crippen molar-refractivity contribution in [1.29, 1.82) is 0 Å². The van der Waals surface area contributed by atoms with Crippen molar-refractivity contribution in [1.82, 2.24) is 5.32 Å². The lowest BCUT2D eigenvalue weighted by Crippen LogP contribution is -2.28. The van der Waals surface area contributed by atoms with Crippen molar-refractivity contribution < 1.29 is 8.42 Å². The zero-order chi connectivity index (χ0) is 13.6. The zero-order valence-electron chi connectivity index (χ0n) is 11.4. The molecular formula is C14H23NO2S. The first-order valence-electron chi connectivity index (χ1n) is 6.41. The summed E-state index contributed by atoms with van der Waals surface area (Å²) in [5.41, 5.74) is 1.02. The van der Waals surface area contributed by atoms with Crippen LogP contribution in [-0.4, -0.2) is 27.0 Å². The van der Waals surface area contributed by atoms with Crippen LogP contribution in [0.25, 0.3) is 0 Å². The maximum Gasteiger partial charge on any atom is 0.152 e. The second kappa shape index (κ2) is 6.90. The molecule has 0 aliphatic carbocycles. The molecule has 2 atom stereocenters. The Kier molecular flexibility index (Phi) is 5.82. The normalized spacial score (nSPS) is 15.3. The van der Waals surface area contributed by atoms with Crippen molar-refractivity contribution in [3.8, 4) is 0 Å². The van der Waals surface area contributed by atoms with E-state index >= 15 is 0 Å². The van der Waals surface area contributed by atoms with Gasteiger partial charge in [0.2, 0.25) is 0 Å². The molecule has 0 amide bonds. The molecule has 0 aliphatic heterocycles. The summed E-state index contributed by atoms with van der Waals surface area (Å²) in [6, 6.07) is 9.59. The molecule has 0 saturated heterocycles. The molecule has 1 N–H and O–H groups in total. The van der Waals surface area contributed by atoms with Gasteiger partial charge in [0.25, 0.3) is 0 Å². The molecule has 1 aromatic rings. The number of rotatable bonds is 7. The Morgan fingerprint density at radius 2 is 1.78 bits per heavy atom. The number of hydrogen-bond donors (Lipinski definition) is 1. The molecule has 0 aromatic heterocycles. The van der Waals surface area contributed by atoms with E-state index in [2.05, 4.69) is 5.32 Å². The SMILES string of the molecule is CCC(C)CS(=O)(=O)CC(NC)c1ccccc1. The lowest BCUT2D eigenvalue weighted by atomic mass is 10.1. The van der Waals surface area contributed by atoms with Crippen molar-refractivity contribution in [2.24, 2.45) is 5.92 Å². The van der Waals surface area contributed by atoms with Crippen LogP contribution in [0.2, 0.25) is 0 Å². The van der Waals surface area contributed by atoms with E-state index in [-0.39, 0.29) is 23.5 Å². The minimum Gasteiger partial charge on any atom is -0.312 e. The molecule has 4 heteroatoms. The summed E-state index contributed by atoms with van der Waals surface area (Å²) in [6.45, 7) is 4.00. The van der Waals surface area contributed by atoms with Gasteiger partial charge in [-0.2, -0.15) is 0 Å². The molecule has 18 heavy (non-hydrogen) atoms.